The third-order valence-electron chi connectivity index (χ3n) is 4.46. The lowest BCUT2D eigenvalue weighted by Crippen LogP contribution is -2.09. The van der Waals surface area contributed by atoms with Gasteiger partial charge < -0.3 is 10.2 Å². The van der Waals surface area contributed by atoms with E-state index >= 15 is 0 Å². The van der Waals surface area contributed by atoms with E-state index in [0.29, 0.717) is 23.5 Å². The molecule has 3 aromatic rings. The summed E-state index contributed by atoms with van der Waals surface area (Å²) in [5.41, 5.74) is 0.687. The van der Waals surface area contributed by atoms with Crippen molar-refractivity contribution in [2.75, 3.05) is 0 Å². The van der Waals surface area contributed by atoms with Crippen LogP contribution < -0.4 is 0 Å². The lowest BCUT2D eigenvalue weighted by Gasteiger charge is -2.10. The van der Waals surface area contributed by atoms with E-state index in [0.717, 1.165) is 12.8 Å². The quantitative estimate of drug-likeness (QED) is 0.730. The average Bonchev–Trinajstić information content (AvgIpc) is 3.29. The van der Waals surface area contributed by atoms with Crippen LogP contribution in [0, 0.1) is 5.92 Å². The second-order valence-electron chi connectivity index (χ2n) is 6.15. The maximum absolute atomic E-state index is 11.0. The first-order valence-corrected chi connectivity index (χ1v) is 8.32. The number of carboxylic acid groups (broad SMARTS) is 1. The lowest BCUT2D eigenvalue weighted by atomic mass is 10.1. The molecule has 0 bridgehead atoms. The van der Waals surface area contributed by atoms with Gasteiger partial charge in [0.15, 0.2) is 10.7 Å². The maximum Gasteiger partial charge on any atom is 0.338 e. The van der Waals surface area contributed by atoms with Crippen molar-refractivity contribution < 1.29 is 15.0 Å². The minimum Gasteiger partial charge on any atom is -0.492 e. The van der Waals surface area contributed by atoms with E-state index in [9.17, 15) is 9.90 Å². The highest BCUT2D eigenvalue weighted by molar-refractivity contribution is 6.33. The summed E-state index contributed by atoms with van der Waals surface area (Å²) in [6.45, 7) is 0.657. The van der Waals surface area contributed by atoms with Gasteiger partial charge in [0.1, 0.15) is 5.52 Å². The molecule has 1 aliphatic rings. The van der Waals surface area contributed by atoms with Crippen molar-refractivity contribution in [3.63, 3.8) is 0 Å². The molecular weight excluding hydrogens is 348 g/mol. The summed E-state index contributed by atoms with van der Waals surface area (Å²) < 4.78 is 2.83. The number of fused-ring (bicyclic) bond motifs is 1. The molecule has 0 aromatic carbocycles. The molecule has 3 heterocycles. The number of carbonyl (C=O) groups is 1. The maximum atomic E-state index is 11.0. The molecule has 0 spiro atoms. The summed E-state index contributed by atoms with van der Waals surface area (Å²) in [6, 6.07) is 0. The summed E-state index contributed by atoms with van der Waals surface area (Å²) in [5.74, 6) is -0.842. The molecule has 0 saturated heterocycles. The topological polar surface area (TPSA) is 119 Å². The largest absolute Gasteiger partial charge is 0.492 e. The molecule has 0 aliphatic heterocycles. The van der Waals surface area contributed by atoms with Gasteiger partial charge in [0.2, 0.25) is 5.88 Å². The van der Waals surface area contributed by atoms with Gasteiger partial charge in [0.25, 0.3) is 5.95 Å². The van der Waals surface area contributed by atoms with Gasteiger partial charge in [-0.1, -0.05) is 24.4 Å². The molecule has 3 aromatic heterocycles. The summed E-state index contributed by atoms with van der Waals surface area (Å²) in [7, 11) is 0. The fraction of sp³-hybridized carbons (Fsp3) is 0.400. The van der Waals surface area contributed by atoms with Gasteiger partial charge >= 0.3 is 5.97 Å². The first kappa shape index (κ1) is 15.8. The lowest BCUT2D eigenvalue weighted by molar-refractivity contribution is 0.0697. The van der Waals surface area contributed by atoms with Crippen LogP contribution in [0.15, 0.2) is 12.4 Å². The van der Waals surface area contributed by atoms with E-state index in [-0.39, 0.29) is 22.5 Å². The van der Waals surface area contributed by atoms with Gasteiger partial charge in [-0.3, -0.25) is 4.68 Å². The summed E-state index contributed by atoms with van der Waals surface area (Å²) >= 11 is 6.19. The summed E-state index contributed by atoms with van der Waals surface area (Å²) in [5, 5.41) is 27.7. The van der Waals surface area contributed by atoms with Crippen LogP contribution in [0.3, 0.4) is 0 Å². The predicted molar refractivity (Wildman–Crippen MR) is 88.0 cm³/mol. The van der Waals surface area contributed by atoms with Gasteiger partial charge in [0.05, 0.1) is 11.8 Å². The Bertz CT molecular complexity index is 960. The number of aromatic carboxylic acids is 1. The van der Waals surface area contributed by atoms with Gasteiger partial charge in [0, 0.05) is 12.7 Å². The number of aromatic nitrogens is 6. The number of halogens is 1. The standard InChI is InChI=1S/C15H15ClN6O3/c16-12-10-11(21(20-12)6-8-3-1-2-4-8)13(23)19-15(18-10)22-7-9(5-17-22)14(24)25/h5,7-8H,1-4,6H2,(H,24,25)(H,18,19,23). The molecule has 0 radical (unpaired) electrons. The second-order valence-corrected chi connectivity index (χ2v) is 6.50. The third-order valence-corrected chi connectivity index (χ3v) is 4.71. The Morgan fingerprint density at radius 3 is 2.76 bits per heavy atom. The number of hydrogen-bond acceptors (Lipinski definition) is 6. The van der Waals surface area contributed by atoms with E-state index in [2.05, 4.69) is 20.2 Å². The van der Waals surface area contributed by atoms with Crippen LogP contribution in [-0.4, -0.2) is 45.7 Å². The Labute approximate surface area is 146 Å². The summed E-state index contributed by atoms with van der Waals surface area (Å²) in [6.07, 6.45) is 7.11. The van der Waals surface area contributed by atoms with Crippen molar-refractivity contribution >= 4 is 28.6 Å². The van der Waals surface area contributed by atoms with Gasteiger partial charge in [-0.25, -0.2) is 14.5 Å². The Kier molecular flexibility index (Phi) is 3.79. The van der Waals surface area contributed by atoms with E-state index < -0.39 is 5.97 Å². The molecule has 130 valence electrons. The number of aromatic hydroxyl groups is 1. The zero-order chi connectivity index (χ0) is 17.6. The Morgan fingerprint density at radius 1 is 1.32 bits per heavy atom. The number of hydrogen-bond donors (Lipinski definition) is 2. The molecule has 0 unspecified atom stereocenters. The molecule has 25 heavy (non-hydrogen) atoms. The van der Waals surface area contributed by atoms with Gasteiger partial charge in [-0.05, 0) is 18.8 Å². The van der Waals surface area contributed by atoms with Crippen LogP contribution in [0.25, 0.3) is 17.0 Å². The molecule has 4 rings (SSSR count). The molecule has 1 fully saturated rings. The van der Waals surface area contributed by atoms with Crippen molar-refractivity contribution in [1.82, 2.24) is 29.5 Å². The molecule has 0 amide bonds. The third kappa shape index (κ3) is 2.80. The highest BCUT2D eigenvalue weighted by atomic mass is 35.5. The highest BCUT2D eigenvalue weighted by Gasteiger charge is 2.22. The van der Waals surface area contributed by atoms with Crippen LogP contribution in [-0.2, 0) is 6.54 Å². The zero-order valence-electron chi connectivity index (χ0n) is 13.1. The first-order valence-electron chi connectivity index (χ1n) is 7.94. The SMILES string of the molecule is O=C(O)c1cnn(-c2nc(O)c3c(n2)c(Cl)nn3CC2CCCC2)c1. The van der Waals surface area contributed by atoms with E-state index in [1.54, 1.807) is 4.68 Å². The Morgan fingerprint density at radius 2 is 2.08 bits per heavy atom. The zero-order valence-corrected chi connectivity index (χ0v) is 13.9. The Balaban J connectivity index is 1.76. The number of carboxylic acids is 1. The van der Waals surface area contributed by atoms with Crippen LogP contribution in [0.2, 0.25) is 5.15 Å². The van der Waals surface area contributed by atoms with Gasteiger partial charge in [-0.15, -0.1) is 0 Å². The van der Waals surface area contributed by atoms with Crippen molar-refractivity contribution in [2.24, 2.45) is 5.92 Å². The smallest absolute Gasteiger partial charge is 0.338 e. The molecule has 1 saturated carbocycles. The van der Waals surface area contributed by atoms with E-state index in [1.807, 2.05) is 0 Å². The fourth-order valence-electron chi connectivity index (χ4n) is 3.23. The Hall–Kier alpha value is -2.68. The predicted octanol–water partition coefficient (Wildman–Crippen LogP) is 2.26. The van der Waals surface area contributed by atoms with Crippen molar-refractivity contribution in [3.8, 4) is 11.8 Å². The van der Waals surface area contributed by atoms with Crippen molar-refractivity contribution in [3.05, 3.63) is 23.1 Å². The minimum atomic E-state index is -1.11. The van der Waals surface area contributed by atoms with Crippen molar-refractivity contribution in [2.45, 2.75) is 32.2 Å². The molecular formula is C15H15ClN6O3. The van der Waals surface area contributed by atoms with Crippen LogP contribution in [0.5, 0.6) is 5.88 Å². The normalized spacial score (nSPS) is 15.2. The second kappa shape index (κ2) is 5.99. The molecule has 0 atom stereocenters. The first-order chi connectivity index (χ1) is 12.0. The molecule has 9 nitrogen and oxygen atoms in total. The summed E-state index contributed by atoms with van der Waals surface area (Å²) in [4.78, 5) is 19.3. The monoisotopic (exact) mass is 362 g/mol. The van der Waals surface area contributed by atoms with Crippen molar-refractivity contribution in [1.29, 1.82) is 0 Å². The van der Waals surface area contributed by atoms with E-state index in [4.69, 9.17) is 16.7 Å². The number of nitrogens with zero attached hydrogens (tertiary/aromatic N) is 6. The minimum absolute atomic E-state index is 0.00814. The van der Waals surface area contributed by atoms with Crippen LogP contribution in [0.1, 0.15) is 36.0 Å². The molecule has 2 N–H and O–H groups in total. The van der Waals surface area contributed by atoms with E-state index in [1.165, 1.54) is 29.9 Å². The molecule has 10 heteroatoms. The molecule has 1 aliphatic carbocycles. The number of rotatable bonds is 4. The highest BCUT2D eigenvalue weighted by Crippen LogP contribution is 2.31. The van der Waals surface area contributed by atoms with Crippen LogP contribution >= 0.6 is 11.6 Å². The fourth-order valence-corrected chi connectivity index (χ4v) is 3.45. The van der Waals surface area contributed by atoms with Gasteiger partial charge in [-0.2, -0.15) is 15.2 Å². The average molecular weight is 363 g/mol. The van der Waals surface area contributed by atoms with Crippen LogP contribution in [0.4, 0.5) is 0 Å².